The molecule has 1 fully saturated rings. The standard InChI is InChI=1S/C13H16N4O4/c1-15-2-4-16(5-3-15)14-8-10-6-12-13(21-9-20-12)7-11(10)17(18)19/h6-8H,2-5,9H2,1H3/b14-8-. The number of hydrazone groups is 1. The first-order chi connectivity index (χ1) is 10.1. The van der Waals surface area contributed by atoms with Gasteiger partial charge in [0, 0.05) is 26.2 Å². The minimum absolute atomic E-state index is 0.0304. The van der Waals surface area contributed by atoms with E-state index in [9.17, 15) is 10.1 Å². The molecule has 0 spiro atoms. The smallest absolute Gasteiger partial charge is 0.282 e. The summed E-state index contributed by atoms with van der Waals surface area (Å²) in [6.45, 7) is 3.57. The van der Waals surface area contributed by atoms with Gasteiger partial charge in [0.05, 0.1) is 22.8 Å². The van der Waals surface area contributed by atoms with Gasteiger partial charge in [-0.3, -0.25) is 15.1 Å². The van der Waals surface area contributed by atoms with Crippen molar-refractivity contribution < 1.29 is 14.4 Å². The molecule has 0 unspecified atom stereocenters. The normalized spacial score (nSPS) is 18.4. The van der Waals surface area contributed by atoms with Gasteiger partial charge in [-0.1, -0.05) is 0 Å². The van der Waals surface area contributed by atoms with Crippen LogP contribution in [0.25, 0.3) is 0 Å². The van der Waals surface area contributed by atoms with Gasteiger partial charge in [-0.15, -0.1) is 0 Å². The molecule has 0 aromatic heterocycles. The summed E-state index contributed by atoms with van der Waals surface area (Å²) in [7, 11) is 2.06. The fourth-order valence-electron chi connectivity index (χ4n) is 2.26. The van der Waals surface area contributed by atoms with E-state index >= 15 is 0 Å². The maximum Gasteiger partial charge on any atom is 0.282 e. The van der Waals surface area contributed by atoms with Crippen LogP contribution in [0.4, 0.5) is 5.69 Å². The van der Waals surface area contributed by atoms with Crippen molar-refractivity contribution in [1.82, 2.24) is 9.91 Å². The molecule has 1 saturated heterocycles. The quantitative estimate of drug-likeness (QED) is 0.468. The lowest BCUT2D eigenvalue weighted by Gasteiger charge is -2.30. The Morgan fingerprint density at radius 3 is 2.57 bits per heavy atom. The van der Waals surface area contributed by atoms with Crippen molar-refractivity contribution in [2.24, 2.45) is 5.10 Å². The molecule has 1 aromatic rings. The Balaban J connectivity index is 1.82. The van der Waals surface area contributed by atoms with E-state index in [1.54, 1.807) is 6.07 Å². The van der Waals surface area contributed by atoms with Crippen molar-refractivity contribution in [1.29, 1.82) is 0 Å². The average molecular weight is 292 g/mol. The van der Waals surface area contributed by atoms with Crippen molar-refractivity contribution >= 4 is 11.9 Å². The molecule has 21 heavy (non-hydrogen) atoms. The third kappa shape index (κ3) is 2.89. The van der Waals surface area contributed by atoms with Crippen LogP contribution in [-0.4, -0.2) is 61.1 Å². The number of nitro groups is 1. The second-order valence-electron chi connectivity index (χ2n) is 5.02. The van der Waals surface area contributed by atoms with E-state index in [1.165, 1.54) is 12.3 Å². The first-order valence-corrected chi connectivity index (χ1v) is 6.69. The van der Waals surface area contributed by atoms with E-state index in [2.05, 4.69) is 17.0 Å². The largest absolute Gasteiger partial charge is 0.454 e. The molecular weight excluding hydrogens is 276 g/mol. The number of nitrogens with zero attached hydrogens (tertiary/aromatic N) is 4. The van der Waals surface area contributed by atoms with Crippen LogP contribution in [0.2, 0.25) is 0 Å². The molecule has 0 bridgehead atoms. The van der Waals surface area contributed by atoms with E-state index in [0.29, 0.717) is 17.1 Å². The highest BCUT2D eigenvalue weighted by Crippen LogP contribution is 2.37. The fourth-order valence-corrected chi connectivity index (χ4v) is 2.26. The molecule has 1 aromatic carbocycles. The summed E-state index contributed by atoms with van der Waals surface area (Å²) in [5.41, 5.74) is 0.389. The molecule has 2 aliphatic rings. The van der Waals surface area contributed by atoms with Crippen LogP contribution in [0.1, 0.15) is 5.56 Å². The van der Waals surface area contributed by atoms with Gasteiger partial charge < -0.3 is 14.4 Å². The number of benzene rings is 1. The number of ether oxygens (including phenoxy) is 2. The van der Waals surface area contributed by atoms with Gasteiger partial charge in [0.15, 0.2) is 11.5 Å². The van der Waals surface area contributed by atoms with Gasteiger partial charge in [-0.25, -0.2) is 0 Å². The Labute approximate surface area is 121 Å². The molecule has 8 nitrogen and oxygen atoms in total. The van der Waals surface area contributed by atoms with Crippen molar-refractivity contribution in [2.45, 2.75) is 0 Å². The van der Waals surface area contributed by atoms with E-state index < -0.39 is 4.92 Å². The number of hydrogen-bond acceptors (Lipinski definition) is 7. The van der Waals surface area contributed by atoms with Gasteiger partial charge >= 0.3 is 0 Å². The molecule has 0 saturated carbocycles. The van der Waals surface area contributed by atoms with Crippen LogP contribution >= 0.6 is 0 Å². The second-order valence-corrected chi connectivity index (χ2v) is 5.02. The Morgan fingerprint density at radius 2 is 1.90 bits per heavy atom. The van der Waals surface area contributed by atoms with Gasteiger partial charge in [-0.05, 0) is 13.1 Å². The molecule has 0 radical (unpaired) electrons. The molecule has 8 heteroatoms. The highest BCUT2D eigenvalue weighted by Gasteiger charge is 2.22. The van der Waals surface area contributed by atoms with Gasteiger partial charge in [0.1, 0.15) is 0 Å². The summed E-state index contributed by atoms with van der Waals surface area (Å²) in [5, 5.41) is 17.4. The fraction of sp³-hybridized carbons (Fsp3) is 0.462. The van der Waals surface area contributed by atoms with E-state index in [-0.39, 0.29) is 12.5 Å². The van der Waals surface area contributed by atoms with E-state index in [0.717, 1.165) is 26.2 Å². The first-order valence-electron chi connectivity index (χ1n) is 6.69. The van der Waals surface area contributed by atoms with Crippen molar-refractivity contribution in [3.05, 3.63) is 27.8 Å². The molecule has 0 amide bonds. The lowest BCUT2D eigenvalue weighted by atomic mass is 10.1. The minimum Gasteiger partial charge on any atom is -0.454 e. The maximum absolute atomic E-state index is 11.1. The predicted molar refractivity (Wildman–Crippen MR) is 75.9 cm³/mol. The zero-order valence-electron chi connectivity index (χ0n) is 11.7. The van der Waals surface area contributed by atoms with Crippen molar-refractivity contribution in [3.63, 3.8) is 0 Å². The maximum atomic E-state index is 11.1. The third-order valence-corrected chi connectivity index (χ3v) is 3.56. The van der Waals surface area contributed by atoms with Crippen LogP contribution in [0, 0.1) is 10.1 Å². The Hall–Kier alpha value is -2.35. The highest BCUT2D eigenvalue weighted by molar-refractivity contribution is 5.87. The van der Waals surface area contributed by atoms with Crippen LogP contribution in [0.15, 0.2) is 17.2 Å². The SMILES string of the molecule is CN1CCN(/N=C\c2cc3c(cc2[N+](=O)[O-])OCO3)CC1. The Kier molecular flexibility index (Phi) is 3.61. The number of nitro benzene ring substituents is 1. The molecular formula is C13H16N4O4. The number of likely N-dealkylation sites (N-methyl/N-ethyl adjacent to an activating group) is 1. The van der Waals surface area contributed by atoms with E-state index in [1.807, 2.05) is 5.01 Å². The molecule has 0 N–H and O–H groups in total. The molecule has 112 valence electrons. The number of fused-ring (bicyclic) bond motifs is 1. The van der Waals surface area contributed by atoms with Crippen LogP contribution in [-0.2, 0) is 0 Å². The summed E-state index contributed by atoms with van der Waals surface area (Å²) < 4.78 is 10.4. The lowest BCUT2D eigenvalue weighted by molar-refractivity contribution is -0.385. The van der Waals surface area contributed by atoms with E-state index in [4.69, 9.17) is 9.47 Å². The molecule has 0 atom stereocenters. The van der Waals surface area contributed by atoms with Gasteiger partial charge in [0.2, 0.25) is 6.79 Å². The third-order valence-electron chi connectivity index (χ3n) is 3.56. The van der Waals surface area contributed by atoms with Crippen LogP contribution in [0.3, 0.4) is 0 Å². The lowest BCUT2D eigenvalue weighted by Crippen LogP contribution is -2.41. The molecule has 2 heterocycles. The topological polar surface area (TPSA) is 80.4 Å². The summed E-state index contributed by atoms with van der Waals surface area (Å²) in [5.74, 6) is 0.916. The zero-order chi connectivity index (χ0) is 14.8. The average Bonchev–Trinajstić information content (AvgIpc) is 2.92. The Bertz CT molecular complexity index is 582. The molecule has 3 rings (SSSR count). The van der Waals surface area contributed by atoms with Gasteiger partial charge in [0.25, 0.3) is 5.69 Å². The summed E-state index contributed by atoms with van der Waals surface area (Å²) in [6, 6.07) is 2.98. The van der Waals surface area contributed by atoms with Crippen molar-refractivity contribution in [3.8, 4) is 11.5 Å². The monoisotopic (exact) mass is 292 g/mol. The number of hydrogen-bond donors (Lipinski definition) is 0. The second kappa shape index (κ2) is 5.57. The zero-order valence-corrected chi connectivity index (χ0v) is 11.7. The summed E-state index contributed by atoms with van der Waals surface area (Å²) in [6.07, 6.45) is 1.52. The predicted octanol–water partition coefficient (Wildman–Crippen LogP) is 0.905. The first kappa shape index (κ1) is 13.6. The number of rotatable bonds is 3. The molecule has 2 aliphatic heterocycles. The number of piperazine rings is 1. The minimum atomic E-state index is -0.437. The summed E-state index contributed by atoms with van der Waals surface area (Å²) >= 11 is 0. The van der Waals surface area contributed by atoms with Crippen molar-refractivity contribution in [2.75, 3.05) is 40.0 Å². The Morgan fingerprint density at radius 1 is 1.24 bits per heavy atom. The molecule has 0 aliphatic carbocycles. The van der Waals surface area contributed by atoms with Crippen LogP contribution < -0.4 is 9.47 Å². The highest BCUT2D eigenvalue weighted by atomic mass is 16.7. The van der Waals surface area contributed by atoms with Gasteiger partial charge in [-0.2, -0.15) is 5.10 Å². The summed E-state index contributed by atoms with van der Waals surface area (Å²) in [4.78, 5) is 12.9. The van der Waals surface area contributed by atoms with Crippen LogP contribution in [0.5, 0.6) is 11.5 Å².